The molecular formula is C16H10BrIN2O2. The van der Waals surface area contributed by atoms with Crippen molar-refractivity contribution in [1.82, 2.24) is 9.55 Å². The first-order valence-corrected chi connectivity index (χ1v) is 8.79. The Labute approximate surface area is 148 Å². The Morgan fingerprint density at radius 2 is 2.09 bits per heavy atom. The number of pyridine rings is 2. The topological polar surface area (TPSA) is 52.0 Å². The maximum Gasteiger partial charge on any atom is 0.201 e. The molecule has 6 heteroatoms. The van der Waals surface area contributed by atoms with Gasteiger partial charge in [-0.25, -0.2) is 4.98 Å². The van der Waals surface area contributed by atoms with Crippen LogP contribution in [0.5, 0.6) is 0 Å². The quantitative estimate of drug-likeness (QED) is 0.334. The van der Waals surface area contributed by atoms with Crippen LogP contribution in [-0.2, 0) is 0 Å². The molecule has 0 bridgehead atoms. The van der Waals surface area contributed by atoms with Gasteiger partial charge < -0.3 is 4.57 Å². The van der Waals surface area contributed by atoms with Crippen LogP contribution in [0.25, 0.3) is 16.7 Å². The van der Waals surface area contributed by atoms with Crippen molar-refractivity contribution in [1.29, 1.82) is 0 Å². The number of ketones is 1. The van der Waals surface area contributed by atoms with E-state index in [2.05, 4.69) is 20.9 Å². The molecule has 2 aromatic heterocycles. The maximum atomic E-state index is 12.5. The smallest absolute Gasteiger partial charge is 0.201 e. The molecular weight excluding hydrogens is 459 g/mol. The zero-order valence-electron chi connectivity index (χ0n) is 11.3. The molecule has 0 spiro atoms. The minimum Gasteiger partial charge on any atom is -0.300 e. The summed E-state index contributed by atoms with van der Waals surface area (Å²) in [7, 11) is 0. The monoisotopic (exact) mass is 468 g/mol. The molecule has 0 saturated carbocycles. The molecule has 0 fully saturated rings. The molecule has 1 aromatic carbocycles. The first-order chi connectivity index (χ1) is 10.6. The summed E-state index contributed by atoms with van der Waals surface area (Å²) in [5.41, 5.74) is 1.29. The minimum absolute atomic E-state index is 0.180. The molecule has 0 aliphatic heterocycles. The highest BCUT2D eigenvalue weighted by Crippen LogP contribution is 2.19. The van der Waals surface area contributed by atoms with Gasteiger partial charge in [-0.2, -0.15) is 0 Å². The average Bonchev–Trinajstić information content (AvgIpc) is 2.55. The predicted octanol–water partition coefficient (Wildman–Crippen LogP) is 3.77. The average molecular weight is 469 g/mol. The van der Waals surface area contributed by atoms with E-state index in [1.807, 2.05) is 46.9 Å². The van der Waals surface area contributed by atoms with E-state index in [0.29, 0.717) is 11.0 Å². The lowest BCUT2D eigenvalue weighted by molar-refractivity contribution is 0.102. The number of hydrogen-bond acceptors (Lipinski definition) is 3. The molecule has 2 heterocycles. The molecule has 22 heavy (non-hydrogen) atoms. The summed E-state index contributed by atoms with van der Waals surface area (Å²) in [5.74, 6) is -0.180. The van der Waals surface area contributed by atoms with Gasteiger partial charge in [0.25, 0.3) is 0 Å². The van der Waals surface area contributed by atoms with Gasteiger partial charge in [0, 0.05) is 22.6 Å². The summed E-state index contributed by atoms with van der Waals surface area (Å²) in [5, 5.41) is 0.443. The third kappa shape index (κ3) is 2.72. The van der Waals surface area contributed by atoms with Crippen LogP contribution in [0, 0.1) is 0 Å². The number of Topliss-reactive ketones (excluding diaryl/α,β-unsaturated/α-hetero) is 1. The largest absolute Gasteiger partial charge is 0.300 e. The number of aromatic nitrogens is 2. The zero-order chi connectivity index (χ0) is 15.7. The van der Waals surface area contributed by atoms with Crippen LogP contribution in [0.3, 0.4) is 0 Å². The van der Waals surface area contributed by atoms with Gasteiger partial charge in [0.15, 0.2) is 5.78 Å². The van der Waals surface area contributed by atoms with Crippen molar-refractivity contribution in [3.05, 3.63) is 69.1 Å². The molecule has 0 aliphatic carbocycles. The molecule has 0 aliphatic rings. The van der Waals surface area contributed by atoms with Crippen molar-refractivity contribution >= 4 is 55.3 Å². The van der Waals surface area contributed by atoms with E-state index in [4.69, 9.17) is 0 Å². The Balaban J connectivity index is 2.41. The van der Waals surface area contributed by atoms with Crippen molar-refractivity contribution < 1.29 is 4.79 Å². The first-order valence-electron chi connectivity index (χ1n) is 6.47. The molecule has 0 unspecified atom stereocenters. The highest BCUT2D eigenvalue weighted by molar-refractivity contribution is 14.1. The molecule has 4 nitrogen and oxygen atoms in total. The number of alkyl halides is 1. The predicted molar refractivity (Wildman–Crippen MR) is 98.3 cm³/mol. The Hall–Kier alpha value is -1.54. The van der Waals surface area contributed by atoms with Crippen molar-refractivity contribution in [3.8, 4) is 5.69 Å². The molecule has 0 N–H and O–H groups in total. The van der Waals surface area contributed by atoms with Gasteiger partial charge >= 0.3 is 0 Å². The number of halogens is 2. The number of hydrogen-bond donors (Lipinski definition) is 0. The summed E-state index contributed by atoms with van der Waals surface area (Å²) in [6.07, 6.45) is 3.22. The second-order valence-electron chi connectivity index (χ2n) is 4.65. The molecule has 0 saturated heterocycles. The van der Waals surface area contributed by atoms with Crippen LogP contribution in [0.1, 0.15) is 10.4 Å². The summed E-state index contributed by atoms with van der Waals surface area (Å²) < 4.78 is 2.95. The molecule has 0 amide bonds. The van der Waals surface area contributed by atoms with Crippen molar-refractivity contribution in [2.75, 3.05) is 4.43 Å². The van der Waals surface area contributed by atoms with Gasteiger partial charge in [-0.15, -0.1) is 0 Å². The second-order valence-corrected chi connectivity index (χ2v) is 6.33. The van der Waals surface area contributed by atoms with E-state index >= 15 is 0 Å². The summed E-state index contributed by atoms with van der Waals surface area (Å²) in [4.78, 5) is 28.9. The van der Waals surface area contributed by atoms with Crippen molar-refractivity contribution in [2.24, 2.45) is 0 Å². The van der Waals surface area contributed by atoms with E-state index in [1.165, 1.54) is 0 Å². The van der Waals surface area contributed by atoms with Gasteiger partial charge in [-0.3, -0.25) is 9.59 Å². The van der Waals surface area contributed by atoms with E-state index < -0.39 is 0 Å². The van der Waals surface area contributed by atoms with Crippen molar-refractivity contribution in [3.63, 3.8) is 0 Å². The maximum absolute atomic E-state index is 12.5. The van der Waals surface area contributed by atoms with Gasteiger partial charge in [0.2, 0.25) is 5.43 Å². The van der Waals surface area contributed by atoms with Gasteiger partial charge in [-0.1, -0.05) is 44.6 Å². The number of fused-ring (bicyclic) bond motifs is 1. The number of nitrogens with zero attached hydrogens (tertiary/aromatic N) is 2. The highest BCUT2D eigenvalue weighted by atomic mass is 127. The normalized spacial score (nSPS) is 10.8. The summed E-state index contributed by atoms with van der Waals surface area (Å²) in [6, 6.07) is 11.0. The number of rotatable bonds is 3. The fourth-order valence-corrected chi connectivity index (χ4v) is 3.05. The lowest BCUT2D eigenvalue weighted by atomic mass is 10.1. The summed E-state index contributed by atoms with van der Waals surface area (Å²) in [6.45, 7) is 0. The number of carbonyl (C=O) groups excluding carboxylic acids is 1. The van der Waals surface area contributed by atoms with Crippen LogP contribution in [-0.4, -0.2) is 19.8 Å². The Bertz CT molecular complexity index is 937. The van der Waals surface area contributed by atoms with Gasteiger partial charge in [0.1, 0.15) is 5.65 Å². The number of benzene rings is 1. The molecule has 3 aromatic rings. The molecule has 0 radical (unpaired) electrons. The van der Waals surface area contributed by atoms with Crippen LogP contribution in [0.4, 0.5) is 0 Å². The van der Waals surface area contributed by atoms with E-state index in [0.717, 1.165) is 10.2 Å². The van der Waals surface area contributed by atoms with Gasteiger partial charge in [0.05, 0.1) is 15.4 Å². The first kappa shape index (κ1) is 15.4. The lowest BCUT2D eigenvalue weighted by Crippen LogP contribution is -2.19. The summed E-state index contributed by atoms with van der Waals surface area (Å²) >= 11 is 5.40. The Morgan fingerprint density at radius 3 is 2.82 bits per heavy atom. The number of carbonyl (C=O) groups is 1. The van der Waals surface area contributed by atoms with Gasteiger partial charge in [-0.05, 0) is 30.3 Å². The third-order valence-electron chi connectivity index (χ3n) is 3.27. The fourth-order valence-electron chi connectivity index (χ4n) is 2.25. The van der Waals surface area contributed by atoms with Crippen LogP contribution >= 0.6 is 38.5 Å². The Kier molecular flexibility index (Phi) is 4.39. The van der Waals surface area contributed by atoms with Crippen LogP contribution < -0.4 is 5.43 Å². The standard InChI is InChI=1S/C16H10BrIN2O2/c17-10-3-1-4-11(7-10)20-9-13(14(21)8-18)15(22)12-5-2-6-19-16(12)20/h1-7,9H,8H2. The van der Waals surface area contributed by atoms with Crippen LogP contribution in [0.2, 0.25) is 0 Å². The highest BCUT2D eigenvalue weighted by Gasteiger charge is 2.15. The van der Waals surface area contributed by atoms with E-state index in [9.17, 15) is 9.59 Å². The molecule has 110 valence electrons. The van der Waals surface area contributed by atoms with E-state index in [1.54, 1.807) is 29.1 Å². The van der Waals surface area contributed by atoms with Crippen molar-refractivity contribution in [2.45, 2.75) is 0 Å². The molecule has 3 rings (SSSR count). The third-order valence-corrected chi connectivity index (χ3v) is 4.46. The minimum atomic E-state index is -0.268. The lowest BCUT2D eigenvalue weighted by Gasteiger charge is -2.12. The second kappa shape index (κ2) is 6.29. The fraction of sp³-hybridized carbons (Fsp3) is 0.0625. The van der Waals surface area contributed by atoms with Crippen LogP contribution in [0.15, 0.2) is 58.1 Å². The zero-order valence-corrected chi connectivity index (χ0v) is 15.0. The Morgan fingerprint density at radius 1 is 1.27 bits per heavy atom. The van der Waals surface area contributed by atoms with E-state index in [-0.39, 0.29) is 21.2 Å². The SMILES string of the molecule is O=C(CI)c1cn(-c2cccc(Br)c2)c2ncccc2c1=O. The molecule has 0 atom stereocenters.